The maximum absolute atomic E-state index is 11.5. The Balaban J connectivity index is 2.38. The summed E-state index contributed by atoms with van der Waals surface area (Å²) in [5.74, 6) is -1.38. The summed E-state index contributed by atoms with van der Waals surface area (Å²) in [7, 11) is 1.65. The minimum absolute atomic E-state index is 0.0227. The van der Waals surface area contributed by atoms with Crippen LogP contribution in [0.3, 0.4) is 0 Å². The Morgan fingerprint density at radius 3 is 2.63 bits per heavy atom. The SMILES string of the molecule is CC(CC(=O)O)CC(=O)NC(=O)Nc1ccnn1C. The number of aliphatic carboxylic acids is 1. The lowest BCUT2D eigenvalue weighted by Gasteiger charge is -2.09. The number of hydrogen-bond acceptors (Lipinski definition) is 4. The quantitative estimate of drug-likeness (QED) is 0.722. The van der Waals surface area contributed by atoms with Crippen molar-refractivity contribution in [2.45, 2.75) is 19.8 Å². The zero-order valence-corrected chi connectivity index (χ0v) is 10.7. The molecule has 0 aliphatic carbocycles. The van der Waals surface area contributed by atoms with Crippen LogP contribution in [0, 0.1) is 5.92 Å². The molecule has 0 aliphatic heterocycles. The van der Waals surface area contributed by atoms with Gasteiger partial charge in [-0.2, -0.15) is 5.10 Å². The molecule has 0 radical (unpaired) electrons. The molecule has 19 heavy (non-hydrogen) atoms. The predicted molar refractivity (Wildman–Crippen MR) is 66.4 cm³/mol. The summed E-state index contributed by atoms with van der Waals surface area (Å²) < 4.78 is 1.44. The number of aryl methyl sites for hydroxylation is 1. The predicted octanol–water partition coefficient (Wildman–Crippen LogP) is 0.569. The Labute approximate surface area is 109 Å². The van der Waals surface area contributed by atoms with Crippen molar-refractivity contribution in [3.05, 3.63) is 12.3 Å². The smallest absolute Gasteiger partial charge is 0.327 e. The highest BCUT2D eigenvalue weighted by atomic mass is 16.4. The minimum Gasteiger partial charge on any atom is -0.481 e. The zero-order chi connectivity index (χ0) is 14.4. The van der Waals surface area contributed by atoms with Gasteiger partial charge in [-0.25, -0.2) is 4.79 Å². The second-order valence-corrected chi connectivity index (χ2v) is 4.25. The number of nitrogens with zero attached hydrogens (tertiary/aromatic N) is 2. The third-order valence-corrected chi connectivity index (χ3v) is 2.37. The first-order chi connectivity index (χ1) is 8.88. The zero-order valence-electron chi connectivity index (χ0n) is 10.7. The van der Waals surface area contributed by atoms with Gasteiger partial charge in [-0.3, -0.25) is 24.9 Å². The van der Waals surface area contributed by atoms with E-state index in [1.165, 1.54) is 10.9 Å². The van der Waals surface area contributed by atoms with Gasteiger partial charge in [-0.15, -0.1) is 0 Å². The average molecular weight is 268 g/mol. The number of carboxylic acids is 1. The number of rotatable bonds is 5. The van der Waals surface area contributed by atoms with E-state index in [0.717, 1.165) is 0 Å². The summed E-state index contributed by atoms with van der Waals surface area (Å²) in [4.78, 5) is 33.4. The van der Waals surface area contributed by atoms with Crippen molar-refractivity contribution in [1.29, 1.82) is 0 Å². The molecule has 0 saturated heterocycles. The van der Waals surface area contributed by atoms with Gasteiger partial charge in [-0.1, -0.05) is 6.92 Å². The fourth-order valence-electron chi connectivity index (χ4n) is 1.51. The highest BCUT2D eigenvalue weighted by Gasteiger charge is 2.15. The molecule has 0 bridgehead atoms. The molecule has 3 N–H and O–H groups in total. The standard InChI is InChI=1S/C11H16N4O4/c1-7(6-10(17)18)5-9(16)14-11(19)13-8-3-4-12-15(8)2/h3-4,7H,5-6H2,1-2H3,(H,17,18)(H2,13,14,16,19). The number of amides is 3. The molecule has 0 fully saturated rings. The van der Waals surface area contributed by atoms with Gasteiger partial charge < -0.3 is 5.11 Å². The minimum atomic E-state index is -0.973. The van der Waals surface area contributed by atoms with Crippen LogP contribution in [0.5, 0.6) is 0 Å². The van der Waals surface area contributed by atoms with Crippen LogP contribution < -0.4 is 10.6 Å². The summed E-state index contributed by atoms with van der Waals surface area (Å²) in [6.45, 7) is 1.63. The normalized spacial score (nSPS) is 11.7. The number of aromatic nitrogens is 2. The van der Waals surface area contributed by atoms with E-state index in [4.69, 9.17) is 5.11 Å². The Hall–Kier alpha value is -2.38. The van der Waals surface area contributed by atoms with Crippen molar-refractivity contribution in [2.75, 3.05) is 5.32 Å². The van der Waals surface area contributed by atoms with E-state index in [1.54, 1.807) is 20.0 Å². The Morgan fingerprint density at radius 1 is 1.42 bits per heavy atom. The third kappa shape index (κ3) is 5.19. The molecule has 1 aromatic heterocycles. The number of hydrogen-bond donors (Lipinski definition) is 3. The average Bonchev–Trinajstić information content (AvgIpc) is 2.62. The maximum atomic E-state index is 11.5. The van der Waals surface area contributed by atoms with Gasteiger partial charge in [0.2, 0.25) is 5.91 Å². The number of anilines is 1. The highest BCUT2D eigenvalue weighted by Crippen LogP contribution is 2.07. The summed E-state index contributed by atoms with van der Waals surface area (Å²) in [5.41, 5.74) is 0. The van der Waals surface area contributed by atoms with E-state index in [0.29, 0.717) is 5.82 Å². The first-order valence-corrected chi connectivity index (χ1v) is 5.69. The van der Waals surface area contributed by atoms with Crippen molar-refractivity contribution in [2.24, 2.45) is 13.0 Å². The van der Waals surface area contributed by atoms with Crippen LogP contribution in [0.25, 0.3) is 0 Å². The third-order valence-electron chi connectivity index (χ3n) is 2.37. The van der Waals surface area contributed by atoms with Crippen LogP contribution in [0.15, 0.2) is 12.3 Å². The summed E-state index contributed by atoms with van der Waals surface area (Å²) in [6.07, 6.45) is 1.37. The van der Waals surface area contributed by atoms with Gasteiger partial charge >= 0.3 is 12.0 Å². The maximum Gasteiger partial charge on any atom is 0.327 e. The fraction of sp³-hybridized carbons (Fsp3) is 0.455. The first-order valence-electron chi connectivity index (χ1n) is 5.69. The number of carbonyl (C=O) groups excluding carboxylic acids is 2. The molecule has 1 aromatic rings. The van der Waals surface area contributed by atoms with Crippen molar-refractivity contribution in [3.8, 4) is 0 Å². The summed E-state index contributed by atoms with van der Waals surface area (Å²) in [6, 6.07) is 0.910. The number of carboxylic acid groups (broad SMARTS) is 1. The molecule has 1 unspecified atom stereocenters. The van der Waals surface area contributed by atoms with E-state index in [-0.39, 0.29) is 18.8 Å². The van der Waals surface area contributed by atoms with Gasteiger partial charge in [0, 0.05) is 26.0 Å². The van der Waals surface area contributed by atoms with Crippen molar-refractivity contribution in [3.63, 3.8) is 0 Å². The molecule has 0 saturated carbocycles. The van der Waals surface area contributed by atoms with Crippen molar-refractivity contribution in [1.82, 2.24) is 15.1 Å². The Morgan fingerprint density at radius 2 is 2.11 bits per heavy atom. The lowest BCUT2D eigenvalue weighted by Crippen LogP contribution is -2.35. The molecule has 104 valence electrons. The molecule has 0 spiro atoms. The molecule has 8 nitrogen and oxygen atoms in total. The molecular formula is C11H16N4O4. The van der Waals surface area contributed by atoms with E-state index >= 15 is 0 Å². The van der Waals surface area contributed by atoms with Gasteiger partial charge in [-0.05, 0) is 5.92 Å². The highest BCUT2D eigenvalue weighted by molar-refractivity contribution is 6.00. The molecule has 3 amide bonds. The van der Waals surface area contributed by atoms with E-state index < -0.39 is 17.9 Å². The number of nitrogens with one attached hydrogen (secondary N) is 2. The first kappa shape index (κ1) is 14.7. The van der Waals surface area contributed by atoms with Crippen LogP contribution in [-0.4, -0.2) is 32.8 Å². The number of carbonyl (C=O) groups is 3. The van der Waals surface area contributed by atoms with Gasteiger partial charge in [0.25, 0.3) is 0 Å². The van der Waals surface area contributed by atoms with Crippen LogP contribution in [0.1, 0.15) is 19.8 Å². The van der Waals surface area contributed by atoms with Crippen molar-refractivity contribution < 1.29 is 19.5 Å². The molecule has 1 atom stereocenters. The lowest BCUT2D eigenvalue weighted by atomic mass is 10.0. The topological polar surface area (TPSA) is 113 Å². The van der Waals surface area contributed by atoms with Crippen LogP contribution >= 0.6 is 0 Å². The molecule has 1 heterocycles. The second kappa shape index (κ2) is 6.53. The fourth-order valence-corrected chi connectivity index (χ4v) is 1.51. The van der Waals surface area contributed by atoms with E-state index in [2.05, 4.69) is 15.7 Å². The van der Waals surface area contributed by atoms with E-state index in [1.807, 2.05) is 0 Å². The second-order valence-electron chi connectivity index (χ2n) is 4.25. The van der Waals surface area contributed by atoms with Crippen LogP contribution in [0.2, 0.25) is 0 Å². The van der Waals surface area contributed by atoms with Crippen LogP contribution in [0.4, 0.5) is 10.6 Å². The summed E-state index contributed by atoms with van der Waals surface area (Å²) in [5, 5.41) is 17.0. The molecule has 0 aromatic carbocycles. The number of imide groups is 1. The molecule has 0 aliphatic rings. The van der Waals surface area contributed by atoms with Crippen molar-refractivity contribution >= 4 is 23.7 Å². The monoisotopic (exact) mass is 268 g/mol. The molecule has 8 heteroatoms. The Kier molecular flexibility index (Phi) is 5.04. The Bertz CT molecular complexity index is 483. The number of urea groups is 1. The summed E-state index contributed by atoms with van der Waals surface area (Å²) >= 11 is 0. The molecule has 1 rings (SSSR count). The van der Waals surface area contributed by atoms with E-state index in [9.17, 15) is 14.4 Å². The molecular weight excluding hydrogens is 252 g/mol. The van der Waals surface area contributed by atoms with Gasteiger partial charge in [0.1, 0.15) is 5.82 Å². The lowest BCUT2D eigenvalue weighted by molar-refractivity contribution is -0.138. The van der Waals surface area contributed by atoms with Gasteiger partial charge in [0.15, 0.2) is 0 Å². The largest absolute Gasteiger partial charge is 0.481 e. The van der Waals surface area contributed by atoms with Gasteiger partial charge in [0.05, 0.1) is 6.20 Å². The van der Waals surface area contributed by atoms with Crippen LogP contribution in [-0.2, 0) is 16.6 Å².